The first-order valence-corrected chi connectivity index (χ1v) is 6.96. The molecule has 1 aromatic carbocycles. The monoisotopic (exact) mass is 319 g/mol. The second kappa shape index (κ2) is 6.13. The molecule has 0 heterocycles. The third-order valence-corrected chi connectivity index (χ3v) is 4.03. The summed E-state index contributed by atoms with van der Waals surface area (Å²) < 4.78 is 5.52. The number of nitrogens with zero attached hydrogens (tertiary/aromatic N) is 1. The molecule has 0 spiro atoms. The highest BCUT2D eigenvalue weighted by Crippen LogP contribution is 2.36. The number of halogens is 2. The molecule has 0 aromatic heterocycles. The molecule has 1 aliphatic carbocycles. The summed E-state index contributed by atoms with van der Waals surface area (Å²) in [5.74, 6) is 0. The van der Waals surface area contributed by atoms with E-state index in [2.05, 4.69) is 5.32 Å². The first kappa shape index (κ1) is 15.3. The van der Waals surface area contributed by atoms with E-state index in [9.17, 15) is 10.1 Å². The fourth-order valence-corrected chi connectivity index (χ4v) is 2.53. The molecule has 3 atom stereocenters. The van der Waals surface area contributed by atoms with Crippen LogP contribution in [0.15, 0.2) is 12.1 Å². The molecule has 1 saturated carbocycles. The second-order valence-corrected chi connectivity index (χ2v) is 5.42. The normalized spacial score (nSPS) is 25.1. The van der Waals surface area contributed by atoms with E-state index < -0.39 is 4.92 Å². The van der Waals surface area contributed by atoms with Gasteiger partial charge in [-0.3, -0.25) is 10.1 Å². The average Bonchev–Trinajstić information content (AvgIpc) is 2.39. The van der Waals surface area contributed by atoms with Gasteiger partial charge in [-0.05, 0) is 19.4 Å². The topological polar surface area (TPSA) is 90.4 Å². The van der Waals surface area contributed by atoms with Crippen LogP contribution in [-0.4, -0.2) is 29.7 Å². The standard InChI is InChI=1S/C12H15Cl2N3O3/c1-2-20-11-5-8(15)12(11)16-9-3-6(13)7(14)4-10(9)17(18)19/h3-4,8,11-12,16H,2,5,15H2,1H3. The molecule has 20 heavy (non-hydrogen) atoms. The highest BCUT2D eigenvalue weighted by Gasteiger charge is 2.40. The van der Waals surface area contributed by atoms with Crippen LogP contribution in [0.1, 0.15) is 13.3 Å². The van der Waals surface area contributed by atoms with Crippen LogP contribution in [0.25, 0.3) is 0 Å². The molecule has 6 nitrogen and oxygen atoms in total. The van der Waals surface area contributed by atoms with E-state index in [0.717, 1.165) is 6.42 Å². The molecule has 0 saturated heterocycles. The first-order chi connectivity index (χ1) is 9.43. The maximum atomic E-state index is 11.1. The number of hydrogen-bond donors (Lipinski definition) is 2. The van der Waals surface area contributed by atoms with Crippen molar-refractivity contribution in [3.8, 4) is 0 Å². The number of nitrogens with two attached hydrogens (primary N) is 1. The summed E-state index contributed by atoms with van der Waals surface area (Å²) in [6.07, 6.45) is 0.671. The third kappa shape index (κ3) is 2.98. The molecule has 8 heteroatoms. The summed E-state index contributed by atoms with van der Waals surface area (Å²) >= 11 is 11.7. The minimum Gasteiger partial charge on any atom is -0.376 e. The maximum absolute atomic E-state index is 11.1. The fraction of sp³-hybridized carbons (Fsp3) is 0.500. The van der Waals surface area contributed by atoms with Gasteiger partial charge in [0.2, 0.25) is 0 Å². The van der Waals surface area contributed by atoms with Crippen LogP contribution in [0, 0.1) is 10.1 Å². The smallest absolute Gasteiger partial charge is 0.293 e. The molecule has 0 radical (unpaired) electrons. The highest BCUT2D eigenvalue weighted by atomic mass is 35.5. The number of hydrogen-bond acceptors (Lipinski definition) is 5. The van der Waals surface area contributed by atoms with Crippen molar-refractivity contribution in [1.82, 2.24) is 0 Å². The number of nitro benzene ring substituents is 1. The van der Waals surface area contributed by atoms with Crippen molar-refractivity contribution in [2.24, 2.45) is 5.73 Å². The number of nitro groups is 1. The van der Waals surface area contributed by atoms with Crippen LogP contribution in [0.2, 0.25) is 10.0 Å². The molecule has 110 valence electrons. The summed E-state index contributed by atoms with van der Waals surface area (Å²) in [5, 5.41) is 14.5. The Morgan fingerprint density at radius 3 is 2.70 bits per heavy atom. The number of nitrogens with one attached hydrogen (secondary N) is 1. The Morgan fingerprint density at radius 1 is 1.50 bits per heavy atom. The molecule has 1 aromatic rings. The summed E-state index contributed by atoms with van der Waals surface area (Å²) in [6, 6.07) is 2.38. The molecule has 3 unspecified atom stereocenters. The summed E-state index contributed by atoms with van der Waals surface area (Å²) in [6.45, 7) is 2.46. The van der Waals surface area contributed by atoms with Crippen molar-refractivity contribution in [3.63, 3.8) is 0 Å². The van der Waals surface area contributed by atoms with E-state index in [4.69, 9.17) is 33.7 Å². The molecular weight excluding hydrogens is 305 g/mol. The van der Waals surface area contributed by atoms with Crippen molar-refractivity contribution in [2.75, 3.05) is 11.9 Å². The highest BCUT2D eigenvalue weighted by molar-refractivity contribution is 6.42. The van der Waals surface area contributed by atoms with Gasteiger partial charge in [-0.2, -0.15) is 0 Å². The summed E-state index contributed by atoms with van der Waals surface area (Å²) in [5.41, 5.74) is 6.08. The van der Waals surface area contributed by atoms with Gasteiger partial charge in [0.25, 0.3) is 5.69 Å². The summed E-state index contributed by atoms with van der Waals surface area (Å²) in [7, 11) is 0. The third-order valence-electron chi connectivity index (χ3n) is 3.30. The van der Waals surface area contributed by atoms with Gasteiger partial charge in [0.1, 0.15) is 5.69 Å². The van der Waals surface area contributed by atoms with E-state index in [-0.39, 0.29) is 33.9 Å². The van der Waals surface area contributed by atoms with E-state index in [1.165, 1.54) is 12.1 Å². The lowest BCUT2D eigenvalue weighted by molar-refractivity contribution is -0.384. The molecule has 0 bridgehead atoms. The number of rotatable bonds is 5. The lowest BCUT2D eigenvalue weighted by Crippen LogP contribution is -2.60. The largest absolute Gasteiger partial charge is 0.376 e. The van der Waals surface area contributed by atoms with E-state index in [1.807, 2.05) is 6.92 Å². The molecule has 1 aliphatic rings. The van der Waals surface area contributed by atoms with Crippen molar-refractivity contribution in [3.05, 3.63) is 32.3 Å². The van der Waals surface area contributed by atoms with Gasteiger partial charge < -0.3 is 15.8 Å². The Hall–Kier alpha value is -1.08. The Morgan fingerprint density at radius 2 is 2.15 bits per heavy atom. The molecule has 1 fully saturated rings. The lowest BCUT2D eigenvalue weighted by Gasteiger charge is -2.42. The minimum absolute atomic E-state index is 0.0518. The van der Waals surface area contributed by atoms with E-state index in [0.29, 0.717) is 12.3 Å². The lowest BCUT2D eigenvalue weighted by atomic mass is 9.83. The van der Waals surface area contributed by atoms with Crippen LogP contribution in [0.5, 0.6) is 0 Å². The first-order valence-electron chi connectivity index (χ1n) is 6.21. The van der Waals surface area contributed by atoms with Crippen molar-refractivity contribution in [1.29, 1.82) is 0 Å². The zero-order chi connectivity index (χ0) is 14.9. The Balaban J connectivity index is 2.24. The Bertz CT molecular complexity index is 525. The van der Waals surface area contributed by atoms with Gasteiger partial charge in [0.15, 0.2) is 0 Å². The maximum Gasteiger partial charge on any atom is 0.293 e. The van der Waals surface area contributed by atoms with Gasteiger partial charge >= 0.3 is 0 Å². The SMILES string of the molecule is CCOC1CC(N)C1Nc1cc(Cl)c(Cl)cc1[N+](=O)[O-]. The number of ether oxygens (including phenoxy) is 1. The van der Waals surface area contributed by atoms with Gasteiger partial charge in [0.05, 0.1) is 27.1 Å². The van der Waals surface area contributed by atoms with Crippen LogP contribution >= 0.6 is 23.2 Å². The quantitative estimate of drug-likeness (QED) is 0.643. The Kier molecular flexibility index (Phi) is 4.70. The fourth-order valence-electron chi connectivity index (χ4n) is 2.21. The number of anilines is 1. The summed E-state index contributed by atoms with van der Waals surface area (Å²) in [4.78, 5) is 10.6. The van der Waals surface area contributed by atoms with Crippen LogP contribution < -0.4 is 11.1 Å². The van der Waals surface area contributed by atoms with Crippen molar-refractivity contribution in [2.45, 2.75) is 31.5 Å². The molecular formula is C12H15Cl2N3O3. The van der Waals surface area contributed by atoms with Crippen LogP contribution in [0.3, 0.4) is 0 Å². The van der Waals surface area contributed by atoms with Crippen LogP contribution in [0.4, 0.5) is 11.4 Å². The second-order valence-electron chi connectivity index (χ2n) is 4.60. The van der Waals surface area contributed by atoms with Crippen molar-refractivity contribution >= 4 is 34.6 Å². The molecule has 2 rings (SSSR count). The van der Waals surface area contributed by atoms with Gasteiger partial charge in [-0.1, -0.05) is 23.2 Å². The van der Waals surface area contributed by atoms with E-state index in [1.54, 1.807) is 0 Å². The average molecular weight is 320 g/mol. The molecule has 0 amide bonds. The zero-order valence-electron chi connectivity index (χ0n) is 10.8. The Labute approximate surface area is 126 Å². The molecule has 0 aliphatic heterocycles. The predicted molar refractivity (Wildman–Crippen MR) is 78.5 cm³/mol. The number of benzene rings is 1. The minimum atomic E-state index is -0.510. The van der Waals surface area contributed by atoms with Crippen LogP contribution in [-0.2, 0) is 4.74 Å². The van der Waals surface area contributed by atoms with E-state index >= 15 is 0 Å². The van der Waals surface area contributed by atoms with Gasteiger partial charge in [-0.15, -0.1) is 0 Å². The van der Waals surface area contributed by atoms with Gasteiger partial charge in [-0.25, -0.2) is 0 Å². The molecule has 3 N–H and O–H groups in total. The van der Waals surface area contributed by atoms with Crippen molar-refractivity contribution < 1.29 is 9.66 Å². The zero-order valence-corrected chi connectivity index (χ0v) is 12.3. The predicted octanol–water partition coefficient (Wildman–Crippen LogP) is 2.82. The van der Waals surface area contributed by atoms with Gasteiger partial charge in [0, 0.05) is 18.7 Å².